The van der Waals surface area contributed by atoms with Crippen LogP contribution in [0.25, 0.3) is 0 Å². The first kappa shape index (κ1) is 18.3. The molecule has 0 saturated carbocycles. The third-order valence-electron chi connectivity index (χ3n) is 3.28. The average molecular weight is 333 g/mol. The molecule has 1 aromatic carbocycles. The molecule has 21 heavy (non-hydrogen) atoms. The quantitative estimate of drug-likeness (QED) is 0.533. The summed E-state index contributed by atoms with van der Waals surface area (Å²) in [5, 5.41) is 0.256. The molecular formula is C15H25ClN2O2S. The first-order valence-corrected chi connectivity index (χ1v) is 9.23. The lowest BCUT2D eigenvalue weighted by atomic mass is 10.0. The monoisotopic (exact) mass is 332 g/mol. The van der Waals surface area contributed by atoms with Gasteiger partial charge in [-0.3, -0.25) is 0 Å². The van der Waals surface area contributed by atoms with Crippen LogP contribution in [0, 0.1) is 5.92 Å². The van der Waals surface area contributed by atoms with Gasteiger partial charge in [0, 0.05) is 6.54 Å². The van der Waals surface area contributed by atoms with E-state index in [-0.39, 0.29) is 9.92 Å². The van der Waals surface area contributed by atoms with Gasteiger partial charge in [-0.15, -0.1) is 0 Å². The Bertz CT molecular complexity index is 545. The topological polar surface area (TPSA) is 72.2 Å². The summed E-state index contributed by atoms with van der Waals surface area (Å²) < 4.78 is 26.7. The van der Waals surface area contributed by atoms with Gasteiger partial charge < -0.3 is 5.73 Å². The van der Waals surface area contributed by atoms with Crippen molar-refractivity contribution in [2.75, 3.05) is 12.3 Å². The SMILES string of the molecule is CC(C)CCCCCCNS(=O)(=O)c1ccc(N)c(Cl)c1. The van der Waals surface area contributed by atoms with Gasteiger partial charge in [-0.25, -0.2) is 13.1 Å². The van der Waals surface area contributed by atoms with E-state index in [1.165, 1.54) is 31.0 Å². The molecule has 120 valence electrons. The molecule has 0 aliphatic rings. The van der Waals surface area contributed by atoms with Gasteiger partial charge in [-0.05, 0) is 30.5 Å². The molecule has 0 bridgehead atoms. The van der Waals surface area contributed by atoms with E-state index in [2.05, 4.69) is 18.6 Å². The van der Waals surface area contributed by atoms with E-state index in [0.29, 0.717) is 12.2 Å². The molecule has 0 unspecified atom stereocenters. The largest absolute Gasteiger partial charge is 0.398 e. The third-order valence-corrected chi connectivity index (χ3v) is 5.07. The summed E-state index contributed by atoms with van der Waals surface area (Å²) in [6.07, 6.45) is 5.47. The summed E-state index contributed by atoms with van der Waals surface area (Å²) in [5.74, 6) is 0.735. The predicted molar refractivity (Wildman–Crippen MR) is 89.0 cm³/mol. The molecular weight excluding hydrogens is 308 g/mol. The Hall–Kier alpha value is -0.780. The molecule has 0 saturated heterocycles. The van der Waals surface area contributed by atoms with Crippen LogP contribution >= 0.6 is 11.6 Å². The zero-order valence-corrected chi connectivity index (χ0v) is 14.3. The fraction of sp³-hybridized carbons (Fsp3) is 0.600. The number of nitrogens with two attached hydrogens (primary N) is 1. The Morgan fingerprint density at radius 2 is 1.86 bits per heavy atom. The van der Waals surface area contributed by atoms with E-state index < -0.39 is 10.0 Å². The van der Waals surface area contributed by atoms with Crippen molar-refractivity contribution in [3.8, 4) is 0 Å². The van der Waals surface area contributed by atoms with Crippen LogP contribution in [0.15, 0.2) is 23.1 Å². The minimum absolute atomic E-state index is 0.154. The van der Waals surface area contributed by atoms with Crippen molar-refractivity contribution in [1.29, 1.82) is 0 Å². The molecule has 1 aromatic rings. The minimum Gasteiger partial charge on any atom is -0.398 e. The molecule has 1 rings (SSSR count). The van der Waals surface area contributed by atoms with Crippen molar-refractivity contribution in [1.82, 2.24) is 4.72 Å². The van der Waals surface area contributed by atoms with Gasteiger partial charge in [-0.2, -0.15) is 0 Å². The van der Waals surface area contributed by atoms with E-state index in [9.17, 15) is 8.42 Å². The van der Waals surface area contributed by atoms with E-state index >= 15 is 0 Å². The van der Waals surface area contributed by atoms with Crippen LogP contribution in [0.4, 0.5) is 5.69 Å². The maximum atomic E-state index is 12.1. The lowest BCUT2D eigenvalue weighted by molar-refractivity contribution is 0.517. The lowest BCUT2D eigenvalue weighted by Gasteiger charge is -2.08. The fourth-order valence-corrected chi connectivity index (χ4v) is 3.34. The number of unbranched alkanes of at least 4 members (excludes halogenated alkanes) is 3. The summed E-state index contributed by atoms with van der Waals surface area (Å²) in [6, 6.07) is 4.34. The maximum absolute atomic E-state index is 12.1. The first-order valence-electron chi connectivity index (χ1n) is 7.37. The number of sulfonamides is 1. The molecule has 0 heterocycles. The maximum Gasteiger partial charge on any atom is 0.240 e. The lowest BCUT2D eigenvalue weighted by Crippen LogP contribution is -2.24. The Labute approximate surface area is 133 Å². The number of rotatable bonds is 9. The molecule has 3 N–H and O–H groups in total. The Kier molecular flexibility index (Phi) is 7.49. The smallest absolute Gasteiger partial charge is 0.240 e. The van der Waals surface area contributed by atoms with Crippen LogP contribution in [0.3, 0.4) is 0 Å². The van der Waals surface area contributed by atoms with Crippen LogP contribution in [0.5, 0.6) is 0 Å². The fourth-order valence-electron chi connectivity index (χ4n) is 2.00. The van der Waals surface area contributed by atoms with E-state index in [1.54, 1.807) is 0 Å². The van der Waals surface area contributed by atoms with E-state index in [4.69, 9.17) is 17.3 Å². The van der Waals surface area contributed by atoms with Gasteiger partial charge in [0.05, 0.1) is 15.6 Å². The average Bonchev–Trinajstić information content (AvgIpc) is 2.40. The molecule has 4 nitrogen and oxygen atoms in total. The molecule has 6 heteroatoms. The van der Waals surface area contributed by atoms with Crippen molar-refractivity contribution < 1.29 is 8.42 Å². The molecule has 0 aliphatic carbocycles. The van der Waals surface area contributed by atoms with Crippen LogP contribution < -0.4 is 10.5 Å². The highest BCUT2D eigenvalue weighted by Crippen LogP contribution is 2.22. The highest BCUT2D eigenvalue weighted by Gasteiger charge is 2.14. The molecule has 0 radical (unpaired) electrons. The number of nitrogens with one attached hydrogen (secondary N) is 1. The number of nitrogen functional groups attached to an aromatic ring is 1. The first-order chi connectivity index (χ1) is 9.83. The number of halogens is 1. The van der Waals surface area contributed by atoms with Gasteiger partial charge in [0.15, 0.2) is 0 Å². The molecule has 0 spiro atoms. The second-order valence-electron chi connectivity index (χ2n) is 5.68. The summed E-state index contributed by atoms with van der Waals surface area (Å²) in [5.41, 5.74) is 5.95. The third kappa shape index (κ3) is 6.68. The molecule has 0 aromatic heterocycles. The van der Waals surface area contributed by atoms with Crippen LogP contribution in [-0.2, 0) is 10.0 Å². The van der Waals surface area contributed by atoms with E-state index in [1.807, 2.05) is 0 Å². The standard InChI is InChI=1S/C15H25ClN2O2S/c1-12(2)7-5-3-4-6-10-18-21(19,20)13-8-9-15(17)14(16)11-13/h8-9,11-12,18H,3-7,10,17H2,1-2H3. The molecule has 0 atom stereocenters. The van der Waals surface area contributed by atoms with Crippen molar-refractivity contribution in [2.45, 2.75) is 50.8 Å². The predicted octanol–water partition coefficient (Wildman–Crippen LogP) is 3.81. The van der Waals surface area contributed by atoms with Gasteiger partial charge in [0.2, 0.25) is 10.0 Å². The number of anilines is 1. The molecule has 0 aliphatic heterocycles. The van der Waals surface area contributed by atoms with Crippen molar-refractivity contribution in [3.63, 3.8) is 0 Å². The van der Waals surface area contributed by atoms with Crippen LogP contribution in [0.2, 0.25) is 5.02 Å². The summed E-state index contributed by atoms with van der Waals surface area (Å²) in [6.45, 7) is 4.88. The highest BCUT2D eigenvalue weighted by atomic mass is 35.5. The van der Waals surface area contributed by atoms with Crippen LogP contribution in [0.1, 0.15) is 46.0 Å². The Balaban J connectivity index is 2.35. The van der Waals surface area contributed by atoms with Gasteiger partial charge in [-0.1, -0.05) is 51.1 Å². The van der Waals surface area contributed by atoms with Crippen molar-refractivity contribution >= 4 is 27.3 Å². The Morgan fingerprint density at radius 3 is 2.48 bits per heavy atom. The normalized spacial score (nSPS) is 12.0. The van der Waals surface area contributed by atoms with Crippen molar-refractivity contribution in [3.05, 3.63) is 23.2 Å². The highest BCUT2D eigenvalue weighted by molar-refractivity contribution is 7.89. The zero-order chi connectivity index (χ0) is 15.9. The van der Waals surface area contributed by atoms with Gasteiger partial charge >= 0.3 is 0 Å². The van der Waals surface area contributed by atoms with Gasteiger partial charge in [0.1, 0.15) is 0 Å². The summed E-state index contributed by atoms with van der Waals surface area (Å²) in [7, 11) is -3.50. The van der Waals surface area contributed by atoms with Gasteiger partial charge in [0.25, 0.3) is 0 Å². The van der Waals surface area contributed by atoms with Crippen molar-refractivity contribution in [2.24, 2.45) is 5.92 Å². The summed E-state index contributed by atoms with van der Waals surface area (Å²) in [4.78, 5) is 0.154. The minimum atomic E-state index is -3.50. The zero-order valence-electron chi connectivity index (χ0n) is 12.7. The van der Waals surface area contributed by atoms with Crippen LogP contribution in [-0.4, -0.2) is 15.0 Å². The number of hydrogen-bond donors (Lipinski definition) is 2. The second kappa shape index (κ2) is 8.61. The second-order valence-corrected chi connectivity index (χ2v) is 7.85. The summed E-state index contributed by atoms with van der Waals surface area (Å²) >= 11 is 5.85. The molecule has 0 amide bonds. The number of benzene rings is 1. The number of hydrogen-bond acceptors (Lipinski definition) is 3. The van der Waals surface area contributed by atoms with E-state index in [0.717, 1.165) is 25.2 Å². The Morgan fingerprint density at radius 1 is 1.19 bits per heavy atom. The molecule has 0 fully saturated rings.